The van der Waals surface area contributed by atoms with Crippen molar-refractivity contribution in [2.45, 2.75) is 57.1 Å². The van der Waals surface area contributed by atoms with Crippen molar-refractivity contribution in [1.29, 1.82) is 0 Å². The van der Waals surface area contributed by atoms with Gasteiger partial charge in [0.05, 0.1) is 19.1 Å². The number of thioether (sulfide) groups is 1. The quantitative estimate of drug-likeness (QED) is 0.510. The van der Waals surface area contributed by atoms with Gasteiger partial charge in [0, 0.05) is 23.1 Å². The molecule has 0 spiro atoms. The topological polar surface area (TPSA) is 111 Å². The first-order chi connectivity index (χ1) is 14.4. The first kappa shape index (κ1) is 25.1. The van der Waals surface area contributed by atoms with Gasteiger partial charge in [0.25, 0.3) is 0 Å². The number of fused-ring (bicyclic) bond motifs is 1. The van der Waals surface area contributed by atoms with Crippen molar-refractivity contribution >= 4 is 37.9 Å². The number of benzene rings is 1. The summed E-state index contributed by atoms with van der Waals surface area (Å²) in [5.41, 5.74) is 0.935. The monoisotopic (exact) mass is 469 g/mol. The summed E-state index contributed by atoms with van der Waals surface area (Å²) in [4.78, 5) is 36.3. The molecule has 10 heteroatoms. The lowest BCUT2D eigenvalue weighted by Crippen LogP contribution is -2.44. The SMILES string of the molecule is COc1cc(O[Si](C)(C)C(C)(C)C)c2c(c1)C(=O)OCCC(=O)N[C@H](C(=O)O)CSC2. The third-order valence-electron chi connectivity index (χ3n) is 5.54. The van der Waals surface area contributed by atoms with Gasteiger partial charge in [-0.05, 0) is 24.2 Å². The number of methoxy groups -OCH3 is 1. The number of carboxylic acids is 1. The Labute approximate surface area is 188 Å². The number of rotatable bonds is 4. The molecule has 2 rings (SSSR count). The molecule has 1 aromatic rings. The minimum absolute atomic E-state index is 0.0688. The molecule has 1 aromatic carbocycles. The third-order valence-corrected chi connectivity index (χ3v) is 10.9. The van der Waals surface area contributed by atoms with Gasteiger partial charge >= 0.3 is 11.9 Å². The summed E-state index contributed by atoms with van der Waals surface area (Å²) >= 11 is 1.30. The molecule has 0 saturated heterocycles. The fraction of sp³-hybridized carbons (Fsp3) is 0.571. The zero-order valence-electron chi connectivity index (χ0n) is 18.9. The number of hydrogen-bond donors (Lipinski definition) is 2. The summed E-state index contributed by atoms with van der Waals surface area (Å²) in [6.45, 7) is 10.4. The van der Waals surface area contributed by atoms with E-state index in [9.17, 15) is 19.5 Å². The Balaban J connectivity index is 2.51. The van der Waals surface area contributed by atoms with Gasteiger partial charge in [0.1, 0.15) is 24.1 Å². The van der Waals surface area contributed by atoms with E-state index in [1.165, 1.54) is 18.9 Å². The minimum Gasteiger partial charge on any atom is -0.543 e. The molecule has 172 valence electrons. The van der Waals surface area contributed by atoms with Crippen LogP contribution < -0.4 is 14.5 Å². The maximum absolute atomic E-state index is 12.8. The smallest absolute Gasteiger partial charge is 0.338 e. The molecule has 1 aliphatic heterocycles. The van der Waals surface area contributed by atoms with Gasteiger partial charge in [0.15, 0.2) is 0 Å². The molecule has 0 bridgehead atoms. The lowest BCUT2D eigenvalue weighted by Gasteiger charge is -2.37. The zero-order chi connectivity index (χ0) is 23.4. The lowest BCUT2D eigenvalue weighted by molar-refractivity contribution is -0.141. The Morgan fingerprint density at radius 1 is 1.29 bits per heavy atom. The number of ether oxygens (including phenoxy) is 2. The predicted octanol–water partition coefficient (Wildman–Crippen LogP) is 3.44. The highest BCUT2D eigenvalue weighted by Gasteiger charge is 2.40. The second-order valence-corrected chi connectivity index (χ2v) is 14.6. The first-order valence-electron chi connectivity index (χ1n) is 10.0. The van der Waals surface area contributed by atoms with Crippen molar-refractivity contribution < 1.29 is 33.4 Å². The number of esters is 1. The Morgan fingerprint density at radius 2 is 1.97 bits per heavy atom. The van der Waals surface area contributed by atoms with Crippen LogP contribution in [0.3, 0.4) is 0 Å². The summed E-state index contributed by atoms with van der Waals surface area (Å²) in [5.74, 6) is -0.686. The van der Waals surface area contributed by atoms with Gasteiger partial charge in [-0.25, -0.2) is 9.59 Å². The number of carbonyl (C=O) groups is 3. The summed E-state index contributed by atoms with van der Waals surface area (Å²) in [5, 5.41) is 11.8. The zero-order valence-corrected chi connectivity index (χ0v) is 20.7. The molecule has 0 aromatic heterocycles. The van der Waals surface area contributed by atoms with E-state index in [4.69, 9.17) is 13.9 Å². The maximum atomic E-state index is 12.8. The van der Waals surface area contributed by atoms with Crippen molar-refractivity contribution in [3.63, 3.8) is 0 Å². The molecular weight excluding hydrogens is 438 g/mol. The third kappa shape index (κ3) is 6.39. The number of carboxylic acid groups (broad SMARTS) is 1. The molecule has 1 atom stereocenters. The molecule has 1 amide bonds. The standard InChI is InChI=1S/C21H31NO7SSi/c1-21(2,3)31(5,6)29-17-10-13(27-4)9-14-15(17)11-30-12-16(19(24)25)22-18(23)7-8-28-20(14)26/h9-10,16H,7-8,11-12H2,1-6H3,(H,22,23)(H,24,25)/t16-/m0/s1. The Kier molecular flexibility index (Phi) is 8.04. The van der Waals surface area contributed by atoms with Gasteiger partial charge < -0.3 is 24.3 Å². The summed E-state index contributed by atoms with van der Waals surface area (Å²) < 4.78 is 17.2. The van der Waals surface area contributed by atoms with E-state index < -0.39 is 32.2 Å². The van der Waals surface area contributed by atoms with Crippen LogP contribution >= 0.6 is 11.8 Å². The van der Waals surface area contributed by atoms with E-state index in [1.807, 2.05) is 0 Å². The molecule has 0 fully saturated rings. The van der Waals surface area contributed by atoms with E-state index in [2.05, 4.69) is 39.2 Å². The number of cyclic esters (lactones) is 1. The van der Waals surface area contributed by atoms with E-state index in [0.717, 1.165) is 0 Å². The van der Waals surface area contributed by atoms with Crippen molar-refractivity contribution in [2.75, 3.05) is 19.5 Å². The van der Waals surface area contributed by atoms with Gasteiger partial charge in [-0.3, -0.25) is 4.79 Å². The Bertz CT molecular complexity index is 851. The number of hydrogen-bond acceptors (Lipinski definition) is 7. The molecule has 1 aliphatic rings. The highest BCUT2D eigenvalue weighted by molar-refractivity contribution is 7.98. The summed E-state index contributed by atoms with van der Waals surface area (Å²) in [6.07, 6.45) is -0.118. The molecule has 31 heavy (non-hydrogen) atoms. The van der Waals surface area contributed by atoms with Gasteiger partial charge in [0.2, 0.25) is 14.2 Å². The van der Waals surface area contributed by atoms with Crippen molar-refractivity contribution in [3.8, 4) is 11.5 Å². The number of carbonyl (C=O) groups excluding carboxylic acids is 2. The fourth-order valence-electron chi connectivity index (χ4n) is 2.62. The summed E-state index contributed by atoms with van der Waals surface area (Å²) in [7, 11) is -0.732. The van der Waals surface area contributed by atoms with E-state index >= 15 is 0 Å². The van der Waals surface area contributed by atoms with Gasteiger partial charge in [-0.2, -0.15) is 11.8 Å². The normalized spacial score (nSPS) is 18.6. The number of aliphatic carboxylic acids is 1. The fourth-order valence-corrected chi connectivity index (χ4v) is 4.74. The van der Waals surface area contributed by atoms with E-state index in [0.29, 0.717) is 28.4 Å². The predicted molar refractivity (Wildman–Crippen MR) is 121 cm³/mol. The van der Waals surface area contributed by atoms with Crippen LogP contribution in [0.4, 0.5) is 0 Å². The second-order valence-electron chi connectivity index (χ2n) is 8.87. The average Bonchev–Trinajstić information content (AvgIpc) is 2.65. The van der Waals surface area contributed by atoms with Crippen LogP contribution in [0.25, 0.3) is 0 Å². The van der Waals surface area contributed by atoms with Crippen LogP contribution in [0.5, 0.6) is 11.5 Å². The maximum Gasteiger partial charge on any atom is 0.338 e. The van der Waals surface area contributed by atoms with Crippen LogP contribution in [0.15, 0.2) is 12.1 Å². The molecule has 0 unspecified atom stereocenters. The van der Waals surface area contributed by atoms with Crippen molar-refractivity contribution in [2.24, 2.45) is 0 Å². The van der Waals surface area contributed by atoms with E-state index in [-0.39, 0.29) is 23.8 Å². The van der Waals surface area contributed by atoms with Crippen LogP contribution in [0.2, 0.25) is 18.1 Å². The van der Waals surface area contributed by atoms with E-state index in [1.54, 1.807) is 12.1 Å². The van der Waals surface area contributed by atoms with Crippen LogP contribution in [0, 0.1) is 0 Å². The highest BCUT2D eigenvalue weighted by atomic mass is 32.2. The summed E-state index contributed by atoms with van der Waals surface area (Å²) in [6, 6.07) is 2.33. The molecular formula is C21H31NO7SSi. The average molecular weight is 470 g/mol. The van der Waals surface area contributed by atoms with Crippen LogP contribution in [-0.4, -0.2) is 56.8 Å². The molecule has 1 heterocycles. The molecule has 0 aliphatic carbocycles. The van der Waals surface area contributed by atoms with Gasteiger partial charge in [-0.15, -0.1) is 0 Å². The highest BCUT2D eigenvalue weighted by Crippen LogP contribution is 2.41. The van der Waals surface area contributed by atoms with Crippen molar-refractivity contribution in [1.82, 2.24) is 5.32 Å². The first-order valence-corrected chi connectivity index (χ1v) is 14.1. The number of amides is 1. The van der Waals surface area contributed by atoms with Crippen molar-refractivity contribution in [3.05, 3.63) is 23.3 Å². The molecule has 2 N–H and O–H groups in total. The Hall–Kier alpha value is -2.20. The minimum atomic E-state index is -2.24. The molecule has 0 radical (unpaired) electrons. The molecule has 8 nitrogen and oxygen atoms in total. The Morgan fingerprint density at radius 3 is 2.55 bits per heavy atom. The van der Waals surface area contributed by atoms with Gasteiger partial charge in [-0.1, -0.05) is 20.8 Å². The lowest BCUT2D eigenvalue weighted by atomic mass is 10.1. The van der Waals surface area contributed by atoms with Crippen LogP contribution in [0.1, 0.15) is 43.1 Å². The molecule has 0 saturated carbocycles. The number of nitrogens with one attached hydrogen (secondary N) is 1. The second kappa shape index (κ2) is 9.95. The largest absolute Gasteiger partial charge is 0.543 e. The van der Waals surface area contributed by atoms with Crippen LogP contribution in [-0.2, 0) is 20.1 Å².